The van der Waals surface area contributed by atoms with Crippen molar-refractivity contribution < 1.29 is 9.53 Å². The van der Waals surface area contributed by atoms with Gasteiger partial charge in [-0.3, -0.25) is 4.79 Å². The van der Waals surface area contributed by atoms with Gasteiger partial charge in [-0.05, 0) is 6.42 Å². The second kappa shape index (κ2) is 6.38. The van der Waals surface area contributed by atoms with Crippen LogP contribution >= 0.6 is 0 Å². The van der Waals surface area contributed by atoms with E-state index in [1.54, 1.807) is 6.07 Å². The molecule has 0 bridgehead atoms. The number of nitrogens with one attached hydrogen (secondary N) is 1. The first kappa shape index (κ1) is 14.3. The maximum Gasteiger partial charge on any atom is 0.245 e. The fourth-order valence-electron chi connectivity index (χ4n) is 2.08. The van der Waals surface area contributed by atoms with Gasteiger partial charge in [0.05, 0.1) is 13.2 Å². The van der Waals surface area contributed by atoms with E-state index in [4.69, 9.17) is 16.2 Å². The summed E-state index contributed by atoms with van der Waals surface area (Å²) in [5.74, 6) is 0.850. The third-order valence-corrected chi connectivity index (χ3v) is 3.02. The van der Waals surface area contributed by atoms with Crippen molar-refractivity contribution in [2.75, 3.05) is 42.7 Å². The molecule has 1 unspecified atom stereocenters. The van der Waals surface area contributed by atoms with Crippen LogP contribution in [0.15, 0.2) is 6.07 Å². The maximum atomic E-state index is 12.2. The van der Waals surface area contributed by atoms with E-state index in [-0.39, 0.29) is 17.7 Å². The third kappa shape index (κ3) is 3.27. The number of carbonyl (C=O) groups is 1. The average molecular weight is 280 g/mol. The van der Waals surface area contributed by atoms with Crippen molar-refractivity contribution in [1.29, 1.82) is 0 Å². The van der Waals surface area contributed by atoms with Gasteiger partial charge < -0.3 is 26.4 Å². The van der Waals surface area contributed by atoms with Gasteiger partial charge >= 0.3 is 0 Å². The molecule has 1 saturated heterocycles. The van der Waals surface area contributed by atoms with Gasteiger partial charge in [0.25, 0.3) is 0 Å². The van der Waals surface area contributed by atoms with Crippen molar-refractivity contribution in [1.82, 2.24) is 15.3 Å². The molecule has 1 aliphatic rings. The Bertz CT molecular complexity index is 461. The molecule has 1 amide bonds. The number of amides is 1. The summed E-state index contributed by atoms with van der Waals surface area (Å²) < 4.78 is 5.39. The molecule has 8 heteroatoms. The summed E-state index contributed by atoms with van der Waals surface area (Å²) in [6.07, 6.45) is 0.882. The number of aromatic nitrogens is 2. The predicted octanol–water partition coefficient (Wildman–Crippen LogP) is -0.628. The number of nitrogens with zero attached hydrogens (tertiary/aromatic N) is 3. The minimum atomic E-state index is -0.427. The average Bonchev–Trinajstić information content (AvgIpc) is 2.43. The Labute approximate surface area is 117 Å². The first-order valence-corrected chi connectivity index (χ1v) is 6.64. The highest BCUT2D eigenvalue weighted by Crippen LogP contribution is 2.20. The highest BCUT2D eigenvalue weighted by atomic mass is 16.5. The van der Waals surface area contributed by atoms with Crippen molar-refractivity contribution >= 4 is 23.5 Å². The zero-order valence-electron chi connectivity index (χ0n) is 11.5. The largest absolute Gasteiger partial charge is 0.383 e. The zero-order chi connectivity index (χ0) is 14.5. The van der Waals surface area contributed by atoms with Crippen molar-refractivity contribution in [2.24, 2.45) is 0 Å². The van der Waals surface area contributed by atoms with E-state index in [1.165, 1.54) is 0 Å². The summed E-state index contributed by atoms with van der Waals surface area (Å²) >= 11 is 0. The number of nitrogens with two attached hydrogens (primary N) is 2. The van der Waals surface area contributed by atoms with E-state index < -0.39 is 6.04 Å². The smallest absolute Gasteiger partial charge is 0.245 e. The minimum Gasteiger partial charge on any atom is -0.383 e. The Balaban J connectivity index is 2.19. The number of nitrogen functional groups attached to an aromatic ring is 2. The molecule has 2 rings (SSSR count). The summed E-state index contributed by atoms with van der Waals surface area (Å²) in [7, 11) is 0. The SMILES string of the molecule is CCCNC(=O)C1COCCN1c1cc(N)nc(N)n1. The second-order valence-electron chi connectivity index (χ2n) is 4.58. The van der Waals surface area contributed by atoms with Gasteiger partial charge in [0.2, 0.25) is 11.9 Å². The highest BCUT2D eigenvalue weighted by Gasteiger charge is 2.30. The fraction of sp³-hybridized carbons (Fsp3) is 0.583. The quantitative estimate of drug-likeness (QED) is 0.671. The van der Waals surface area contributed by atoms with Crippen LogP contribution in [0.2, 0.25) is 0 Å². The molecule has 1 aromatic heterocycles. The van der Waals surface area contributed by atoms with E-state index in [2.05, 4.69) is 15.3 Å². The van der Waals surface area contributed by atoms with Gasteiger partial charge in [-0.25, -0.2) is 0 Å². The molecule has 20 heavy (non-hydrogen) atoms. The Morgan fingerprint density at radius 1 is 1.55 bits per heavy atom. The van der Waals surface area contributed by atoms with Gasteiger partial charge in [-0.15, -0.1) is 0 Å². The van der Waals surface area contributed by atoms with Crippen LogP contribution in [0.4, 0.5) is 17.6 Å². The summed E-state index contributed by atoms with van der Waals surface area (Å²) in [6.45, 7) is 4.04. The Kier molecular flexibility index (Phi) is 4.57. The molecule has 0 spiro atoms. The first-order valence-electron chi connectivity index (χ1n) is 6.64. The van der Waals surface area contributed by atoms with Gasteiger partial charge in [-0.2, -0.15) is 9.97 Å². The fourth-order valence-corrected chi connectivity index (χ4v) is 2.08. The number of hydrogen-bond donors (Lipinski definition) is 3. The number of carbonyl (C=O) groups excluding carboxylic acids is 1. The molecule has 0 aliphatic carbocycles. The molecule has 2 heterocycles. The van der Waals surface area contributed by atoms with Crippen LogP contribution in [-0.2, 0) is 9.53 Å². The summed E-state index contributed by atoms with van der Waals surface area (Å²) in [4.78, 5) is 22.0. The number of hydrogen-bond acceptors (Lipinski definition) is 7. The molecular weight excluding hydrogens is 260 g/mol. The maximum absolute atomic E-state index is 12.2. The second-order valence-corrected chi connectivity index (χ2v) is 4.58. The van der Waals surface area contributed by atoms with Crippen LogP contribution in [0.1, 0.15) is 13.3 Å². The Morgan fingerprint density at radius 2 is 2.35 bits per heavy atom. The third-order valence-electron chi connectivity index (χ3n) is 3.02. The zero-order valence-corrected chi connectivity index (χ0v) is 11.5. The molecular formula is C12H20N6O2. The lowest BCUT2D eigenvalue weighted by Gasteiger charge is -2.35. The lowest BCUT2D eigenvalue weighted by atomic mass is 10.2. The summed E-state index contributed by atoms with van der Waals surface area (Å²) in [5, 5.41) is 2.86. The van der Waals surface area contributed by atoms with Crippen LogP contribution in [0.5, 0.6) is 0 Å². The molecule has 0 radical (unpaired) electrons. The van der Waals surface area contributed by atoms with E-state index >= 15 is 0 Å². The first-order chi connectivity index (χ1) is 9.61. The van der Waals surface area contributed by atoms with E-state index in [9.17, 15) is 4.79 Å². The van der Waals surface area contributed by atoms with Crippen molar-refractivity contribution in [3.63, 3.8) is 0 Å². The van der Waals surface area contributed by atoms with E-state index in [0.717, 1.165) is 6.42 Å². The molecule has 5 N–H and O–H groups in total. The highest BCUT2D eigenvalue weighted by molar-refractivity contribution is 5.85. The van der Waals surface area contributed by atoms with Crippen molar-refractivity contribution in [3.8, 4) is 0 Å². The standard InChI is InChI=1S/C12H20N6O2/c1-2-3-15-11(19)8-7-20-5-4-18(8)10-6-9(13)16-12(14)17-10/h6,8H,2-5,7H2,1H3,(H,15,19)(H4,13,14,16,17). The van der Waals surface area contributed by atoms with Gasteiger partial charge in [0, 0.05) is 19.2 Å². The molecule has 0 aromatic carbocycles. The normalized spacial score (nSPS) is 18.9. The van der Waals surface area contributed by atoms with Gasteiger partial charge in [0.1, 0.15) is 17.7 Å². The lowest BCUT2D eigenvalue weighted by molar-refractivity contribution is -0.124. The molecule has 0 saturated carbocycles. The van der Waals surface area contributed by atoms with Crippen LogP contribution in [0, 0.1) is 0 Å². The van der Waals surface area contributed by atoms with Crippen molar-refractivity contribution in [3.05, 3.63) is 6.07 Å². The molecule has 1 aromatic rings. The topological polar surface area (TPSA) is 119 Å². The number of rotatable bonds is 4. The number of anilines is 3. The number of morpholine rings is 1. The molecule has 1 aliphatic heterocycles. The van der Waals surface area contributed by atoms with E-state index in [1.807, 2.05) is 11.8 Å². The van der Waals surface area contributed by atoms with Crippen LogP contribution < -0.4 is 21.7 Å². The van der Waals surface area contributed by atoms with Gasteiger partial charge in [0.15, 0.2) is 0 Å². The van der Waals surface area contributed by atoms with Crippen LogP contribution in [-0.4, -0.2) is 48.2 Å². The monoisotopic (exact) mass is 280 g/mol. The predicted molar refractivity (Wildman–Crippen MR) is 76.1 cm³/mol. The van der Waals surface area contributed by atoms with Crippen LogP contribution in [0.3, 0.4) is 0 Å². The Morgan fingerprint density at radius 3 is 3.05 bits per heavy atom. The number of ether oxygens (including phenoxy) is 1. The van der Waals surface area contributed by atoms with Crippen LogP contribution in [0.25, 0.3) is 0 Å². The molecule has 1 fully saturated rings. The lowest BCUT2D eigenvalue weighted by Crippen LogP contribution is -2.54. The van der Waals surface area contributed by atoms with Crippen molar-refractivity contribution in [2.45, 2.75) is 19.4 Å². The minimum absolute atomic E-state index is 0.0812. The molecule has 1 atom stereocenters. The summed E-state index contributed by atoms with van der Waals surface area (Å²) in [5.41, 5.74) is 11.3. The molecule has 8 nitrogen and oxygen atoms in total. The molecule has 110 valence electrons. The summed E-state index contributed by atoms with van der Waals surface area (Å²) in [6, 6.07) is 1.19. The Hall–Kier alpha value is -2.09. The van der Waals surface area contributed by atoms with Gasteiger partial charge in [-0.1, -0.05) is 6.92 Å². The van der Waals surface area contributed by atoms with E-state index in [0.29, 0.717) is 32.1 Å².